The number of halogens is 2. The second-order valence-electron chi connectivity index (χ2n) is 5.56. The second-order valence-corrected chi connectivity index (χ2v) is 6.35. The fourth-order valence-corrected chi connectivity index (χ4v) is 2.73. The van der Waals surface area contributed by atoms with Crippen molar-refractivity contribution in [2.45, 2.75) is 18.3 Å². The van der Waals surface area contributed by atoms with Crippen molar-refractivity contribution in [2.75, 3.05) is 11.9 Å². The van der Waals surface area contributed by atoms with E-state index in [1.165, 1.54) is 6.20 Å². The van der Waals surface area contributed by atoms with Gasteiger partial charge >= 0.3 is 5.97 Å². The van der Waals surface area contributed by atoms with Crippen molar-refractivity contribution in [2.24, 2.45) is 0 Å². The molecule has 1 aromatic heterocycles. The van der Waals surface area contributed by atoms with Gasteiger partial charge < -0.3 is 10.1 Å². The molecule has 1 amide bonds. The normalized spacial score (nSPS) is 14.8. The number of amides is 1. The fourth-order valence-electron chi connectivity index (χ4n) is 2.44. The van der Waals surface area contributed by atoms with E-state index in [4.69, 9.17) is 27.9 Å². The van der Waals surface area contributed by atoms with E-state index in [9.17, 15) is 9.59 Å². The molecular weight excluding hydrogens is 351 g/mol. The lowest BCUT2D eigenvalue weighted by atomic mass is 9.96. The zero-order valence-corrected chi connectivity index (χ0v) is 14.1. The molecule has 1 fully saturated rings. The van der Waals surface area contributed by atoms with Crippen molar-refractivity contribution >= 4 is 40.8 Å². The highest BCUT2D eigenvalue weighted by molar-refractivity contribution is 6.32. The van der Waals surface area contributed by atoms with E-state index >= 15 is 0 Å². The average Bonchev–Trinajstić information content (AvgIpc) is 3.37. The molecule has 1 heterocycles. The molecule has 124 valence electrons. The molecule has 0 unspecified atom stereocenters. The quantitative estimate of drug-likeness (QED) is 0.649. The number of carbonyl (C=O) groups is 2. The summed E-state index contributed by atoms with van der Waals surface area (Å²) in [6.07, 6.45) is 2.91. The van der Waals surface area contributed by atoms with E-state index in [-0.39, 0.29) is 11.8 Å². The van der Waals surface area contributed by atoms with Crippen molar-refractivity contribution in [3.63, 3.8) is 0 Å². The van der Waals surface area contributed by atoms with Gasteiger partial charge in [-0.05, 0) is 42.7 Å². The maximum atomic E-state index is 12.4. The summed E-state index contributed by atoms with van der Waals surface area (Å²) in [6.45, 7) is -0.376. The summed E-state index contributed by atoms with van der Waals surface area (Å²) in [5, 5.41) is 3.34. The zero-order chi connectivity index (χ0) is 17.2. The summed E-state index contributed by atoms with van der Waals surface area (Å²) in [6, 6.07) is 10.4. The number of nitrogens with zero attached hydrogens (tertiary/aromatic N) is 1. The van der Waals surface area contributed by atoms with E-state index in [1.807, 2.05) is 12.1 Å². The molecular formula is C17H14Cl2N2O3. The summed E-state index contributed by atoms with van der Waals surface area (Å²) >= 11 is 11.7. The van der Waals surface area contributed by atoms with Crippen molar-refractivity contribution < 1.29 is 14.3 Å². The topological polar surface area (TPSA) is 68.3 Å². The van der Waals surface area contributed by atoms with Gasteiger partial charge in [-0.2, -0.15) is 0 Å². The third kappa shape index (κ3) is 3.52. The number of anilines is 1. The molecule has 1 aliphatic carbocycles. The van der Waals surface area contributed by atoms with E-state index in [0.29, 0.717) is 23.6 Å². The monoisotopic (exact) mass is 364 g/mol. The maximum absolute atomic E-state index is 12.4. The number of benzene rings is 1. The van der Waals surface area contributed by atoms with Gasteiger partial charge in [0.2, 0.25) is 0 Å². The van der Waals surface area contributed by atoms with Crippen LogP contribution in [0.5, 0.6) is 0 Å². The lowest BCUT2D eigenvalue weighted by molar-refractivity contribution is -0.150. The number of hydrogen-bond acceptors (Lipinski definition) is 4. The van der Waals surface area contributed by atoms with Gasteiger partial charge in [-0.1, -0.05) is 35.3 Å². The Balaban J connectivity index is 1.58. The number of carbonyl (C=O) groups excluding carboxylic acids is 2. The van der Waals surface area contributed by atoms with Gasteiger partial charge in [0.05, 0.1) is 11.1 Å². The van der Waals surface area contributed by atoms with E-state index in [1.54, 1.807) is 24.3 Å². The van der Waals surface area contributed by atoms with Gasteiger partial charge in [0.1, 0.15) is 0 Å². The van der Waals surface area contributed by atoms with Crippen LogP contribution in [-0.4, -0.2) is 23.5 Å². The highest BCUT2D eigenvalue weighted by Gasteiger charge is 2.52. The van der Waals surface area contributed by atoms with Crippen LogP contribution in [0.15, 0.2) is 42.6 Å². The van der Waals surface area contributed by atoms with E-state index < -0.39 is 17.3 Å². The van der Waals surface area contributed by atoms with Crippen LogP contribution in [0.1, 0.15) is 18.4 Å². The van der Waals surface area contributed by atoms with Crippen LogP contribution in [-0.2, 0) is 19.7 Å². The standard InChI is InChI=1S/C17H14Cl2N2O3/c18-12-5-3-11(4-6-12)17(7-8-17)16(23)24-10-14(22)21-13-2-1-9-20-15(13)19/h1-6,9H,7-8,10H2,(H,21,22). The van der Waals surface area contributed by atoms with Gasteiger partial charge in [-0.3, -0.25) is 9.59 Å². The van der Waals surface area contributed by atoms with Crippen molar-refractivity contribution in [1.29, 1.82) is 0 Å². The Labute approximate surface area is 148 Å². The van der Waals surface area contributed by atoms with Crippen LogP contribution >= 0.6 is 23.2 Å². The smallest absolute Gasteiger partial charge is 0.317 e. The van der Waals surface area contributed by atoms with Gasteiger partial charge in [-0.15, -0.1) is 0 Å². The second kappa shape index (κ2) is 6.79. The molecule has 1 N–H and O–H groups in total. The van der Waals surface area contributed by atoms with Crippen LogP contribution in [0.4, 0.5) is 5.69 Å². The predicted octanol–water partition coefficient (Wildman–Crippen LogP) is 3.60. The highest BCUT2D eigenvalue weighted by Crippen LogP contribution is 2.49. The first-order valence-corrected chi connectivity index (χ1v) is 8.10. The average molecular weight is 365 g/mol. The summed E-state index contributed by atoms with van der Waals surface area (Å²) in [5.41, 5.74) is 0.572. The van der Waals surface area contributed by atoms with Crippen LogP contribution in [0.3, 0.4) is 0 Å². The number of ether oxygens (including phenoxy) is 1. The van der Waals surface area contributed by atoms with Gasteiger partial charge in [0, 0.05) is 11.2 Å². The molecule has 1 saturated carbocycles. The Morgan fingerprint density at radius 1 is 1.17 bits per heavy atom. The fraction of sp³-hybridized carbons (Fsp3) is 0.235. The number of pyridine rings is 1. The molecule has 0 bridgehead atoms. The number of rotatable bonds is 5. The van der Waals surface area contributed by atoms with Crippen LogP contribution < -0.4 is 5.32 Å². The molecule has 0 radical (unpaired) electrons. The zero-order valence-electron chi connectivity index (χ0n) is 12.6. The van der Waals surface area contributed by atoms with Crippen LogP contribution in [0.25, 0.3) is 0 Å². The third-order valence-corrected chi connectivity index (χ3v) is 4.46. The molecule has 24 heavy (non-hydrogen) atoms. The number of nitrogens with one attached hydrogen (secondary N) is 1. The maximum Gasteiger partial charge on any atom is 0.317 e. The Morgan fingerprint density at radius 2 is 1.88 bits per heavy atom. The van der Waals surface area contributed by atoms with Gasteiger partial charge in [0.15, 0.2) is 11.8 Å². The molecule has 0 atom stereocenters. The van der Waals surface area contributed by atoms with Crippen LogP contribution in [0, 0.1) is 0 Å². The number of hydrogen-bond donors (Lipinski definition) is 1. The summed E-state index contributed by atoms with van der Waals surface area (Å²) in [4.78, 5) is 28.1. The van der Waals surface area contributed by atoms with Crippen molar-refractivity contribution in [1.82, 2.24) is 4.98 Å². The molecule has 0 spiro atoms. The molecule has 1 aliphatic rings. The minimum absolute atomic E-state index is 0.178. The molecule has 5 nitrogen and oxygen atoms in total. The summed E-state index contributed by atoms with van der Waals surface area (Å²) < 4.78 is 5.18. The molecule has 3 rings (SSSR count). The molecule has 7 heteroatoms. The lowest BCUT2D eigenvalue weighted by Gasteiger charge is -2.15. The molecule has 2 aromatic rings. The molecule has 0 aliphatic heterocycles. The van der Waals surface area contributed by atoms with Crippen LogP contribution in [0.2, 0.25) is 10.2 Å². The first-order chi connectivity index (χ1) is 11.5. The first kappa shape index (κ1) is 16.7. The Kier molecular flexibility index (Phi) is 4.73. The van der Waals surface area contributed by atoms with Crippen molar-refractivity contribution in [3.8, 4) is 0 Å². The lowest BCUT2D eigenvalue weighted by Crippen LogP contribution is -2.28. The number of aromatic nitrogens is 1. The van der Waals surface area contributed by atoms with E-state index in [2.05, 4.69) is 10.3 Å². The van der Waals surface area contributed by atoms with Gasteiger partial charge in [0.25, 0.3) is 5.91 Å². The highest BCUT2D eigenvalue weighted by atomic mass is 35.5. The number of esters is 1. The largest absolute Gasteiger partial charge is 0.455 e. The summed E-state index contributed by atoms with van der Waals surface area (Å²) in [7, 11) is 0. The Morgan fingerprint density at radius 3 is 2.50 bits per heavy atom. The van der Waals surface area contributed by atoms with E-state index in [0.717, 1.165) is 5.56 Å². The molecule has 0 saturated heterocycles. The summed E-state index contributed by atoms with van der Waals surface area (Å²) in [5.74, 6) is -0.873. The molecule has 1 aromatic carbocycles. The minimum Gasteiger partial charge on any atom is -0.455 e. The van der Waals surface area contributed by atoms with Gasteiger partial charge in [-0.25, -0.2) is 4.98 Å². The first-order valence-electron chi connectivity index (χ1n) is 7.35. The predicted molar refractivity (Wildman–Crippen MR) is 91.2 cm³/mol. The third-order valence-electron chi connectivity index (χ3n) is 3.91. The van der Waals surface area contributed by atoms with Crippen molar-refractivity contribution in [3.05, 3.63) is 58.3 Å². The Bertz CT molecular complexity index is 774. The SMILES string of the molecule is O=C(COC(=O)C1(c2ccc(Cl)cc2)CC1)Nc1cccnc1Cl. The Hall–Kier alpha value is -2.11. The minimum atomic E-state index is -0.656.